The lowest BCUT2D eigenvalue weighted by molar-refractivity contribution is 0.0955. The van der Waals surface area contributed by atoms with Crippen molar-refractivity contribution in [2.24, 2.45) is 5.10 Å². The number of halogens is 1. The molecule has 2 heterocycles. The summed E-state index contributed by atoms with van der Waals surface area (Å²) in [7, 11) is 0. The Morgan fingerprint density at radius 2 is 1.96 bits per heavy atom. The van der Waals surface area contributed by atoms with Gasteiger partial charge in [-0.15, -0.1) is 0 Å². The zero-order valence-electron chi connectivity index (χ0n) is 14.5. The molecule has 0 saturated carbocycles. The van der Waals surface area contributed by atoms with Crippen molar-refractivity contribution in [1.82, 2.24) is 10.4 Å². The van der Waals surface area contributed by atoms with Crippen LogP contribution in [0.25, 0.3) is 10.9 Å². The van der Waals surface area contributed by atoms with E-state index in [1.165, 1.54) is 18.0 Å². The van der Waals surface area contributed by atoms with Crippen molar-refractivity contribution >= 4 is 50.7 Å². The number of para-hydroxylation sites is 1. The fourth-order valence-electron chi connectivity index (χ4n) is 2.57. The van der Waals surface area contributed by atoms with Gasteiger partial charge < -0.3 is 4.42 Å². The molecule has 0 aliphatic carbocycles. The van der Waals surface area contributed by atoms with Crippen molar-refractivity contribution in [3.8, 4) is 0 Å². The van der Waals surface area contributed by atoms with Gasteiger partial charge in [-0.25, -0.2) is 5.43 Å². The van der Waals surface area contributed by atoms with Crippen LogP contribution in [0.5, 0.6) is 0 Å². The van der Waals surface area contributed by atoms with Crippen molar-refractivity contribution < 1.29 is 9.21 Å². The van der Waals surface area contributed by atoms with Crippen LogP contribution in [-0.2, 0) is 0 Å². The number of aromatic nitrogens is 1. The summed E-state index contributed by atoms with van der Waals surface area (Å²) in [5.41, 5.74) is 3.94. The molecule has 2 aromatic carbocycles. The molecule has 0 spiro atoms. The minimum Gasteiger partial charge on any atom is -0.448 e. The molecule has 4 rings (SSSR count). The van der Waals surface area contributed by atoms with Crippen LogP contribution in [0.1, 0.15) is 16.1 Å². The van der Waals surface area contributed by atoms with Crippen molar-refractivity contribution in [2.45, 2.75) is 9.99 Å². The third-order valence-corrected chi connectivity index (χ3v) is 5.32. The second kappa shape index (κ2) is 8.41. The van der Waals surface area contributed by atoms with Crippen molar-refractivity contribution in [3.05, 3.63) is 88.7 Å². The molecular weight excluding hydrogens is 438 g/mol. The third-order valence-electron chi connectivity index (χ3n) is 3.85. The molecule has 1 amide bonds. The summed E-state index contributed by atoms with van der Waals surface area (Å²) in [5.74, 6) is 0.255. The highest BCUT2D eigenvalue weighted by molar-refractivity contribution is 9.10. The monoisotopic (exact) mass is 451 g/mol. The van der Waals surface area contributed by atoms with E-state index >= 15 is 0 Å². The Balaban J connectivity index is 1.43. The van der Waals surface area contributed by atoms with E-state index in [2.05, 4.69) is 31.4 Å². The zero-order valence-corrected chi connectivity index (χ0v) is 16.9. The number of amides is 1. The number of hydrogen-bond donors (Lipinski definition) is 1. The predicted octanol–water partition coefficient (Wildman–Crippen LogP) is 5.51. The predicted molar refractivity (Wildman–Crippen MR) is 114 cm³/mol. The molecule has 0 atom stereocenters. The first-order valence-electron chi connectivity index (χ1n) is 8.39. The summed E-state index contributed by atoms with van der Waals surface area (Å²) in [4.78, 5) is 17.5. The van der Waals surface area contributed by atoms with Gasteiger partial charge in [-0.1, -0.05) is 40.2 Å². The van der Waals surface area contributed by atoms with Crippen LogP contribution < -0.4 is 5.43 Å². The van der Waals surface area contributed by atoms with Gasteiger partial charge in [0.2, 0.25) is 0 Å². The number of rotatable bonds is 5. The highest BCUT2D eigenvalue weighted by atomic mass is 79.9. The van der Waals surface area contributed by atoms with Gasteiger partial charge in [0.15, 0.2) is 5.09 Å². The number of nitrogens with zero attached hydrogens (tertiary/aromatic N) is 2. The van der Waals surface area contributed by atoms with E-state index in [9.17, 15) is 4.79 Å². The summed E-state index contributed by atoms with van der Waals surface area (Å²) in [5, 5.41) is 5.76. The maximum Gasteiger partial charge on any atom is 0.271 e. The largest absolute Gasteiger partial charge is 0.448 e. The summed E-state index contributed by atoms with van der Waals surface area (Å²) in [6, 6.07) is 20.7. The van der Waals surface area contributed by atoms with E-state index in [0.29, 0.717) is 11.3 Å². The van der Waals surface area contributed by atoms with Crippen LogP contribution in [-0.4, -0.2) is 17.1 Å². The lowest BCUT2D eigenvalue weighted by atomic mass is 10.2. The zero-order chi connectivity index (χ0) is 19.3. The molecule has 2 aromatic heterocycles. The van der Waals surface area contributed by atoms with E-state index in [0.717, 1.165) is 25.4 Å². The molecule has 0 fully saturated rings. The Kier molecular flexibility index (Phi) is 5.55. The summed E-state index contributed by atoms with van der Waals surface area (Å²) in [6.45, 7) is 0. The van der Waals surface area contributed by atoms with Crippen LogP contribution in [0.2, 0.25) is 0 Å². The van der Waals surface area contributed by atoms with Crippen LogP contribution in [0.3, 0.4) is 0 Å². The third kappa shape index (κ3) is 4.32. The Morgan fingerprint density at radius 1 is 1.11 bits per heavy atom. The Labute approximate surface area is 174 Å². The fraction of sp³-hybridized carbons (Fsp3) is 0. The maximum absolute atomic E-state index is 12.1. The summed E-state index contributed by atoms with van der Waals surface area (Å²) >= 11 is 4.83. The van der Waals surface area contributed by atoms with E-state index < -0.39 is 0 Å². The van der Waals surface area contributed by atoms with Crippen LogP contribution >= 0.6 is 27.7 Å². The highest BCUT2D eigenvalue weighted by Crippen LogP contribution is 2.33. The van der Waals surface area contributed by atoms with Gasteiger partial charge in [0.05, 0.1) is 11.7 Å². The van der Waals surface area contributed by atoms with Crippen LogP contribution in [0.4, 0.5) is 0 Å². The van der Waals surface area contributed by atoms with Gasteiger partial charge >= 0.3 is 0 Å². The number of carbonyl (C=O) groups excluding carboxylic acids is 1. The molecule has 1 N–H and O–H groups in total. The van der Waals surface area contributed by atoms with E-state index in [1.54, 1.807) is 30.5 Å². The second-order valence-corrected chi connectivity index (χ2v) is 7.76. The summed E-state index contributed by atoms with van der Waals surface area (Å²) < 4.78 is 6.60. The smallest absolute Gasteiger partial charge is 0.271 e. The number of furan rings is 1. The standard InChI is InChI=1S/C21H14BrN3O2S/c22-16-7-1-5-15(12-16)21(26)25-24-13-17-9-10-19(27-17)28-18-8-2-4-14-6-3-11-23-20(14)18/h1-13H,(H,25,26). The molecular formula is C21H14BrN3O2S. The number of pyridine rings is 1. The Morgan fingerprint density at radius 3 is 2.86 bits per heavy atom. The van der Waals surface area contributed by atoms with Gasteiger partial charge in [-0.3, -0.25) is 9.78 Å². The number of nitrogens with one attached hydrogen (secondary N) is 1. The lowest BCUT2D eigenvalue weighted by Crippen LogP contribution is -2.17. The molecule has 5 nitrogen and oxygen atoms in total. The highest BCUT2D eigenvalue weighted by Gasteiger charge is 2.08. The lowest BCUT2D eigenvalue weighted by Gasteiger charge is -2.02. The summed E-state index contributed by atoms with van der Waals surface area (Å²) in [6.07, 6.45) is 3.25. The van der Waals surface area contributed by atoms with Gasteiger partial charge in [0.25, 0.3) is 5.91 Å². The first-order valence-corrected chi connectivity index (χ1v) is 10.0. The number of hydrogen-bond acceptors (Lipinski definition) is 5. The van der Waals surface area contributed by atoms with Crippen molar-refractivity contribution in [1.29, 1.82) is 0 Å². The first-order chi connectivity index (χ1) is 13.7. The molecule has 0 saturated heterocycles. The minimum atomic E-state index is -0.291. The van der Waals surface area contributed by atoms with E-state index in [-0.39, 0.29) is 5.91 Å². The SMILES string of the molecule is O=C(NN=Cc1ccc(Sc2cccc3cccnc23)o1)c1cccc(Br)c1. The van der Waals surface area contributed by atoms with Crippen molar-refractivity contribution in [3.63, 3.8) is 0 Å². The van der Waals surface area contributed by atoms with E-state index in [1.807, 2.05) is 42.5 Å². The fourth-order valence-corrected chi connectivity index (χ4v) is 3.88. The molecule has 4 aromatic rings. The van der Waals surface area contributed by atoms with Gasteiger partial charge in [-0.05, 0) is 54.2 Å². The average molecular weight is 452 g/mol. The van der Waals surface area contributed by atoms with Crippen molar-refractivity contribution in [2.75, 3.05) is 0 Å². The minimum absolute atomic E-state index is 0.291. The quantitative estimate of drug-likeness (QED) is 0.321. The number of benzene rings is 2. The van der Waals surface area contributed by atoms with Gasteiger partial charge in [0.1, 0.15) is 5.76 Å². The topological polar surface area (TPSA) is 67.5 Å². The second-order valence-electron chi connectivity index (χ2n) is 5.80. The van der Waals surface area contributed by atoms with E-state index in [4.69, 9.17) is 4.42 Å². The Hall–Kier alpha value is -2.90. The first kappa shape index (κ1) is 18.5. The Bertz CT molecular complexity index is 1170. The van der Waals surface area contributed by atoms with Gasteiger partial charge in [0, 0.05) is 26.5 Å². The molecule has 0 unspecified atom stereocenters. The maximum atomic E-state index is 12.1. The van der Waals surface area contributed by atoms with Crippen LogP contribution in [0, 0.1) is 0 Å². The average Bonchev–Trinajstić information content (AvgIpc) is 3.15. The molecule has 28 heavy (non-hydrogen) atoms. The number of carbonyl (C=O) groups is 1. The molecule has 138 valence electrons. The van der Waals surface area contributed by atoms with Crippen LogP contribution in [0.15, 0.2) is 96.9 Å². The van der Waals surface area contributed by atoms with Gasteiger partial charge in [-0.2, -0.15) is 5.10 Å². The molecule has 0 bridgehead atoms. The molecule has 7 heteroatoms. The number of fused-ring (bicyclic) bond motifs is 1. The molecule has 0 aliphatic rings. The normalized spacial score (nSPS) is 11.2. The number of hydrazone groups is 1. The molecule has 0 aliphatic heterocycles. The molecule has 0 radical (unpaired) electrons.